The van der Waals surface area contributed by atoms with Gasteiger partial charge in [0.15, 0.2) is 5.78 Å². The Kier molecular flexibility index (Phi) is 5.71. The highest BCUT2D eigenvalue weighted by Gasteiger charge is 2.13. The second-order valence-corrected chi connectivity index (χ2v) is 4.75. The number of rotatable bonds is 5. The highest BCUT2D eigenvalue weighted by Crippen LogP contribution is 2.11. The molecule has 1 saturated heterocycles. The maximum atomic E-state index is 11.7. The Bertz CT molecular complexity index is 242. The van der Waals surface area contributed by atoms with E-state index in [2.05, 4.69) is 18.7 Å². The van der Waals surface area contributed by atoms with Gasteiger partial charge in [-0.2, -0.15) is 0 Å². The van der Waals surface area contributed by atoms with Crippen LogP contribution in [0.4, 0.5) is 0 Å². The molecule has 1 rings (SSSR count). The summed E-state index contributed by atoms with van der Waals surface area (Å²) in [6.07, 6.45) is 3.71. The lowest BCUT2D eigenvalue weighted by molar-refractivity contribution is -0.118. The molecule has 0 N–H and O–H groups in total. The fourth-order valence-corrected chi connectivity index (χ4v) is 1.58. The number of nitrogens with zero attached hydrogens (tertiary/aromatic N) is 1. The standard InChI is InChI=1S/C13H23NO2/c1-11(2)12(3)13(15)5-4-6-14-7-9-16-10-8-14/h4-5,11-12H,6-10H2,1-3H3/b5-4+. The average molecular weight is 225 g/mol. The minimum atomic E-state index is 0.126. The molecule has 1 heterocycles. The Labute approximate surface area is 98.5 Å². The lowest BCUT2D eigenvalue weighted by Crippen LogP contribution is -2.36. The van der Waals surface area contributed by atoms with Crippen molar-refractivity contribution in [1.29, 1.82) is 0 Å². The van der Waals surface area contributed by atoms with Gasteiger partial charge < -0.3 is 4.74 Å². The van der Waals surface area contributed by atoms with Crippen molar-refractivity contribution in [3.8, 4) is 0 Å². The third kappa shape index (κ3) is 4.45. The van der Waals surface area contributed by atoms with Gasteiger partial charge in [0, 0.05) is 25.6 Å². The maximum Gasteiger partial charge on any atom is 0.158 e. The van der Waals surface area contributed by atoms with E-state index in [1.807, 2.05) is 13.0 Å². The molecule has 1 aliphatic heterocycles. The average Bonchev–Trinajstić information content (AvgIpc) is 2.29. The highest BCUT2D eigenvalue weighted by atomic mass is 16.5. The largest absolute Gasteiger partial charge is 0.379 e. The first-order valence-corrected chi connectivity index (χ1v) is 6.11. The van der Waals surface area contributed by atoms with Gasteiger partial charge >= 0.3 is 0 Å². The van der Waals surface area contributed by atoms with E-state index < -0.39 is 0 Å². The zero-order valence-corrected chi connectivity index (χ0v) is 10.6. The van der Waals surface area contributed by atoms with Gasteiger partial charge in [-0.05, 0) is 12.0 Å². The van der Waals surface area contributed by atoms with Crippen molar-refractivity contribution in [2.24, 2.45) is 11.8 Å². The van der Waals surface area contributed by atoms with Crippen LogP contribution in [0, 0.1) is 11.8 Å². The van der Waals surface area contributed by atoms with Gasteiger partial charge in [-0.3, -0.25) is 9.69 Å². The van der Waals surface area contributed by atoms with Crippen LogP contribution in [0.15, 0.2) is 12.2 Å². The topological polar surface area (TPSA) is 29.5 Å². The first-order valence-electron chi connectivity index (χ1n) is 6.11. The SMILES string of the molecule is CC(C)C(C)C(=O)/C=C/CN1CCOCC1. The number of morpholine rings is 1. The predicted octanol–water partition coefficient (Wildman–Crippen LogP) is 1.74. The van der Waals surface area contributed by atoms with Gasteiger partial charge in [-0.25, -0.2) is 0 Å². The zero-order chi connectivity index (χ0) is 12.0. The lowest BCUT2D eigenvalue weighted by Gasteiger charge is -2.25. The third-order valence-electron chi connectivity index (χ3n) is 3.20. The van der Waals surface area contributed by atoms with E-state index in [1.54, 1.807) is 6.08 Å². The smallest absolute Gasteiger partial charge is 0.158 e. The molecule has 0 aliphatic carbocycles. The van der Waals surface area contributed by atoms with Gasteiger partial charge in [-0.1, -0.05) is 26.8 Å². The van der Waals surface area contributed by atoms with Crippen LogP contribution in [0.5, 0.6) is 0 Å². The number of ether oxygens (including phenoxy) is 1. The zero-order valence-electron chi connectivity index (χ0n) is 10.6. The number of allylic oxidation sites excluding steroid dienone is 1. The van der Waals surface area contributed by atoms with E-state index in [9.17, 15) is 4.79 Å². The fraction of sp³-hybridized carbons (Fsp3) is 0.769. The second kappa shape index (κ2) is 6.81. The van der Waals surface area contributed by atoms with E-state index in [-0.39, 0.29) is 11.7 Å². The van der Waals surface area contributed by atoms with Gasteiger partial charge in [0.25, 0.3) is 0 Å². The summed E-state index contributed by atoms with van der Waals surface area (Å²) in [7, 11) is 0. The fourth-order valence-electron chi connectivity index (χ4n) is 1.58. The van der Waals surface area contributed by atoms with Crippen LogP contribution < -0.4 is 0 Å². The summed E-state index contributed by atoms with van der Waals surface area (Å²) in [5, 5.41) is 0. The molecule has 0 spiro atoms. The molecule has 1 unspecified atom stereocenters. The summed E-state index contributed by atoms with van der Waals surface area (Å²) < 4.78 is 5.26. The van der Waals surface area contributed by atoms with Crippen LogP contribution in [0.2, 0.25) is 0 Å². The maximum absolute atomic E-state index is 11.7. The third-order valence-corrected chi connectivity index (χ3v) is 3.20. The van der Waals surface area contributed by atoms with Gasteiger partial charge in [-0.15, -0.1) is 0 Å². The van der Waals surface area contributed by atoms with Gasteiger partial charge in [0.2, 0.25) is 0 Å². The van der Waals surface area contributed by atoms with Crippen LogP contribution in [-0.4, -0.2) is 43.5 Å². The summed E-state index contributed by atoms with van der Waals surface area (Å²) >= 11 is 0. The molecule has 92 valence electrons. The number of hydrogen-bond acceptors (Lipinski definition) is 3. The molecular weight excluding hydrogens is 202 g/mol. The molecule has 3 nitrogen and oxygen atoms in total. The Hall–Kier alpha value is -0.670. The molecule has 1 aliphatic rings. The quantitative estimate of drug-likeness (QED) is 0.667. The second-order valence-electron chi connectivity index (χ2n) is 4.75. The van der Waals surface area contributed by atoms with E-state index in [0.717, 1.165) is 32.8 Å². The minimum absolute atomic E-state index is 0.126. The van der Waals surface area contributed by atoms with Crippen LogP contribution >= 0.6 is 0 Å². The molecule has 0 amide bonds. The first kappa shape index (κ1) is 13.4. The van der Waals surface area contributed by atoms with Crippen molar-refractivity contribution < 1.29 is 9.53 Å². The monoisotopic (exact) mass is 225 g/mol. The molecule has 1 fully saturated rings. The van der Waals surface area contributed by atoms with Crippen LogP contribution in [0.1, 0.15) is 20.8 Å². The lowest BCUT2D eigenvalue weighted by atomic mass is 9.93. The van der Waals surface area contributed by atoms with Crippen molar-refractivity contribution in [3.63, 3.8) is 0 Å². The van der Waals surface area contributed by atoms with E-state index in [1.165, 1.54) is 0 Å². The van der Waals surface area contributed by atoms with Crippen molar-refractivity contribution in [2.45, 2.75) is 20.8 Å². The predicted molar refractivity (Wildman–Crippen MR) is 65.4 cm³/mol. The van der Waals surface area contributed by atoms with Crippen LogP contribution in [0.3, 0.4) is 0 Å². The van der Waals surface area contributed by atoms with Crippen molar-refractivity contribution in [3.05, 3.63) is 12.2 Å². The molecular formula is C13H23NO2. The number of carbonyl (C=O) groups excluding carboxylic acids is 1. The molecule has 0 saturated carbocycles. The molecule has 0 aromatic heterocycles. The Morgan fingerprint density at radius 3 is 2.50 bits per heavy atom. The summed E-state index contributed by atoms with van der Waals surface area (Å²) in [5.74, 6) is 0.782. The van der Waals surface area contributed by atoms with Crippen molar-refractivity contribution >= 4 is 5.78 Å². The molecule has 16 heavy (non-hydrogen) atoms. The highest BCUT2D eigenvalue weighted by molar-refractivity contribution is 5.91. The molecule has 3 heteroatoms. The first-order chi connectivity index (χ1) is 7.61. The molecule has 0 aromatic rings. The Balaban J connectivity index is 2.27. The number of ketones is 1. The van der Waals surface area contributed by atoms with Crippen molar-refractivity contribution in [1.82, 2.24) is 4.90 Å². The van der Waals surface area contributed by atoms with Crippen LogP contribution in [-0.2, 0) is 9.53 Å². The van der Waals surface area contributed by atoms with Crippen LogP contribution in [0.25, 0.3) is 0 Å². The van der Waals surface area contributed by atoms with E-state index in [0.29, 0.717) is 5.92 Å². The normalized spacial score (nSPS) is 20.5. The Morgan fingerprint density at radius 2 is 1.94 bits per heavy atom. The molecule has 0 aromatic carbocycles. The molecule has 0 radical (unpaired) electrons. The summed E-state index contributed by atoms with van der Waals surface area (Å²) in [4.78, 5) is 14.0. The molecule has 1 atom stereocenters. The van der Waals surface area contributed by atoms with Crippen molar-refractivity contribution in [2.75, 3.05) is 32.8 Å². The van der Waals surface area contributed by atoms with Gasteiger partial charge in [0.05, 0.1) is 13.2 Å². The van der Waals surface area contributed by atoms with E-state index in [4.69, 9.17) is 4.74 Å². The number of hydrogen-bond donors (Lipinski definition) is 0. The Morgan fingerprint density at radius 1 is 1.31 bits per heavy atom. The van der Waals surface area contributed by atoms with E-state index >= 15 is 0 Å². The van der Waals surface area contributed by atoms with Gasteiger partial charge in [0.1, 0.15) is 0 Å². The summed E-state index contributed by atoms with van der Waals surface area (Å²) in [6, 6.07) is 0. The summed E-state index contributed by atoms with van der Waals surface area (Å²) in [5.41, 5.74) is 0. The minimum Gasteiger partial charge on any atom is -0.379 e. The molecule has 0 bridgehead atoms. The summed E-state index contributed by atoms with van der Waals surface area (Å²) in [6.45, 7) is 10.6. The number of carbonyl (C=O) groups is 1.